The van der Waals surface area contributed by atoms with Gasteiger partial charge < -0.3 is 10.4 Å². The molecule has 0 spiro atoms. The predicted octanol–water partition coefficient (Wildman–Crippen LogP) is 3.26. The second-order valence-corrected chi connectivity index (χ2v) is 6.86. The van der Waals surface area contributed by atoms with Gasteiger partial charge >= 0.3 is 5.97 Å². The third-order valence-electron chi connectivity index (χ3n) is 5.39. The van der Waals surface area contributed by atoms with Gasteiger partial charge in [-0.05, 0) is 42.7 Å². The third kappa shape index (κ3) is 3.26. The Morgan fingerprint density at radius 3 is 2.76 bits per heavy atom. The number of rotatable bonds is 4. The number of carbonyl (C=O) groups is 1. The Balaban J connectivity index is 2.07. The Bertz CT molecular complexity index is 487. The summed E-state index contributed by atoms with van der Waals surface area (Å²) >= 11 is 0. The summed E-state index contributed by atoms with van der Waals surface area (Å²) in [6.07, 6.45) is 5.31. The topological polar surface area (TPSA) is 62.2 Å². The Morgan fingerprint density at radius 1 is 1.48 bits per heavy atom. The highest BCUT2D eigenvalue weighted by atomic mass is 16.4. The first kappa shape index (κ1) is 16.0. The van der Waals surface area contributed by atoms with Gasteiger partial charge in [0.25, 0.3) is 0 Å². The predicted molar refractivity (Wildman–Crippen MR) is 82.9 cm³/mol. The first-order valence-corrected chi connectivity index (χ1v) is 7.72. The van der Waals surface area contributed by atoms with Gasteiger partial charge in [-0.2, -0.15) is 0 Å². The highest BCUT2D eigenvalue weighted by molar-refractivity contribution is 5.71. The monoisotopic (exact) mass is 290 g/mol. The molecule has 1 aliphatic carbocycles. The number of hydrogen-bond donors (Lipinski definition) is 2. The number of carboxylic acids is 1. The van der Waals surface area contributed by atoms with Gasteiger partial charge in [-0.1, -0.05) is 26.8 Å². The van der Waals surface area contributed by atoms with Gasteiger partial charge in [-0.3, -0.25) is 9.78 Å². The molecule has 0 aromatic carbocycles. The number of nitrogens with zero attached hydrogens (tertiary/aromatic N) is 1. The van der Waals surface area contributed by atoms with Crippen molar-refractivity contribution in [3.05, 3.63) is 30.1 Å². The molecular weight excluding hydrogens is 264 g/mol. The lowest BCUT2D eigenvalue weighted by Crippen LogP contribution is -2.51. The summed E-state index contributed by atoms with van der Waals surface area (Å²) in [5, 5.41) is 13.1. The van der Waals surface area contributed by atoms with E-state index in [1.165, 1.54) is 5.56 Å². The fraction of sp³-hybridized carbons (Fsp3) is 0.647. The van der Waals surface area contributed by atoms with Crippen molar-refractivity contribution in [2.24, 2.45) is 17.3 Å². The average Bonchev–Trinajstić information content (AvgIpc) is 2.44. The van der Waals surface area contributed by atoms with E-state index >= 15 is 0 Å². The van der Waals surface area contributed by atoms with Gasteiger partial charge in [-0.25, -0.2) is 0 Å². The van der Waals surface area contributed by atoms with Crippen LogP contribution in [0.3, 0.4) is 0 Å². The molecule has 116 valence electrons. The Hall–Kier alpha value is -1.42. The van der Waals surface area contributed by atoms with Crippen LogP contribution in [0.1, 0.15) is 52.1 Å². The van der Waals surface area contributed by atoms with Crippen LogP contribution in [0.5, 0.6) is 0 Å². The molecular formula is C17H26N2O2. The van der Waals surface area contributed by atoms with Crippen molar-refractivity contribution in [1.29, 1.82) is 0 Å². The zero-order valence-electron chi connectivity index (χ0n) is 13.3. The smallest absolute Gasteiger partial charge is 0.307 e. The van der Waals surface area contributed by atoms with Crippen molar-refractivity contribution in [1.82, 2.24) is 10.3 Å². The van der Waals surface area contributed by atoms with Crippen molar-refractivity contribution < 1.29 is 9.90 Å². The Kier molecular flexibility index (Phi) is 4.67. The zero-order valence-corrected chi connectivity index (χ0v) is 13.3. The average molecular weight is 290 g/mol. The van der Waals surface area contributed by atoms with Crippen LogP contribution >= 0.6 is 0 Å². The molecule has 4 nitrogen and oxygen atoms in total. The number of nitrogens with one attached hydrogen (secondary N) is 1. The van der Waals surface area contributed by atoms with Crippen LogP contribution in [-0.2, 0) is 4.79 Å². The Morgan fingerprint density at radius 2 is 2.19 bits per heavy atom. The van der Waals surface area contributed by atoms with Gasteiger partial charge in [-0.15, -0.1) is 0 Å². The normalized spacial score (nSPS) is 29.8. The standard InChI is InChI=1S/C17H26N2O2/c1-11-15(8-7-14(16(20)21)17(11,3)4)19-12(2)13-6-5-9-18-10-13/h5-6,9-12,14-15,19H,7-8H2,1-4H3,(H,20,21). The van der Waals surface area contributed by atoms with Crippen molar-refractivity contribution in [3.8, 4) is 0 Å². The molecule has 2 N–H and O–H groups in total. The minimum absolute atomic E-state index is 0.198. The van der Waals surface area contributed by atoms with Crippen LogP contribution < -0.4 is 5.32 Å². The molecule has 4 atom stereocenters. The van der Waals surface area contributed by atoms with Gasteiger partial charge in [0.1, 0.15) is 0 Å². The minimum Gasteiger partial charge on any atom is -0.481 e. The molecule has 0 bridgehead atoms. The van der Waals surface area contributed by atoms with E-state index in [9.17, 15) is 9.90 Å². The van der Waals surface area contributed by atoms with Crippen molar-refractivity contribution in [2.75, 3.05) is 0 Å². The molecule has 0 radical (unpaired) electrons. The zero-order chi connectivity index (χ0) is 15.6. The van der Waals surface area contributed by atoms with Gasteiger partial charge in [0.15, 0.2) is 0 Å². The van der Waals surface area contributed by atoms with E-state index < -0.39 is 5.97 Å². The number of aromatic nitrogens is 1. The number of aliphatic carboxylic acids is 1. The van der Waals surface area contributed by atoms with Crippen molar-refractivity contribution >= 4 is 5.97 Å². The maximum Gasteiger partial charge on any atom is 0.307 e. The van der Waals surface area contributed by atoms with Gasteiger partial charge in [0.2, 0.25) is 0 Å². The van der Waals surface area contributed by atoms with Crippen molar-refractivity contribution in [3.63, 3.8) is 0 Å². The maximum absolute atomic E-state index is 11.4. The van der Waals surface area contributed by atoms with E-state index in [0.717, 1.165) is 12.8 Å². The van der Waals surface area contributed by atoms with E-state index in [4.69, 9.17) is 0 Å². The molecule has 0 aliphatic heterocycles. The lowest BCUT2D eigenvalue weighted by Gasteiger charge is -2.47. The maximum atomic E-state index is 11.4. The highest BCUT2D eigenvalue weighted by Gasteiger charge is 2.46. The molecule has 0 amide bonds. The summed E-state index contributed by atoms with van der Waals surface area (Å²) in [6, 6.07) is 4.58. The molecule has 2 rings (SSSR count). The van der Waals surface area contributed by atoms with Crippen LogP contribution in [0.2, 0.25) is 0 Å². The lowest BCUT2D eigenvalue weighted by atomic mass is 9.61. The molecule has 0 saturated heterocycles. The first-order valence-electron chi connectivity index (χ1n) is 7.72. The van der Waals surface area contributed by atoms with Crippen LogP contribution in [0.25, 0.3) is 0 Å². The quantitative estimate of drug-likeness (QED) is 0.893. The van der Waals surface area contributed by atoms with E-state index in [2.05, 4.69) is 44.1 Å². The number of pyridine rings is 1. The first-order chi connectivity index (χ1) is 9.84. The summed E-state index contributed by atoms with van der Waals surface area (Å²) in [5.74, 6) is -0.601. The molecule has 4 unspecified atom stereocenters. The minimum atomic E-state index is -0.661. The molecule has 1 aliphatic rings. The molecule has 1 heterocycles. The van der Waals surface area contributed by atoms with E-state index in [0.29, 0.717) is 12.0 Å². The fourth-order valence-electron chi connectivity index (χ4n) is 3.52. The third-order valence-corrected chi connectivity index (χ3v) is 5.39. The summed E-state index contributed by atoms with van der Waals surface area (Å²) in [6.45, 7) is 8.47. The molecule has 1 aromatic rings. The summed E-state index contributed by atoms with van der Waals surface area (Å²) in [4.78, 5) is 15.6. The molecule has 4 heteroatoms. The molecule has 1 saturated carbocycles. The summed E-state index contributed by atoms with van der Waals surface area (Å²) in [5.41, 5.74) is 0.971. The summed E-state index contributed by atoms with van der Waals surface area (Å²) < 4.78 is 0. The van der Waals surface area contributed by atoms with Crippen LogP contribution in [0.4, 0.5) is 0 Å². The van der Waals surface area contributed by atoms with E-state index in [-0.39, 0.29) is 17.4 Å². The largest absolute Gasteiger partial charge is 0.481 e. The second kappa shape index (κ2) is 6.14. The van der Waals surface area contributed by atoms with Crippen LogP contribution in [0, 0.1) is 17.3 Å². The highest BCUT2D eigenvalue weighted by Crippen LogP contribution is 2.45. The van der Waals surface area contributed by atoms with Crippen LogP contribution in [0.15, 0.2) is 24.5 Å². The summed E-state index contributed by atoms with van der Waals surface area (Å²) in [7, 11) is 0. The molecule has 21 heavy (non-hydrogen) atoms. The van der Waals surface area contributed by atoms with Crippen molar-refractivity contribution in [2.45, 2.75) is 52.6 Å². The van der Waals surface area contributed by atoms with Crippen LogP contribution in [-0.4, -0.2) is 22.1 Å². The number of hydrogen-bond acceptors (Lipinski definition) is 3. The van der Waals surface area contributed by atoms with E-state index in [1.807, 2.05) is 12.3 Å². The molecule has 1 aromatic heterocycles. The SMILES string of the molecule is CC(NC1CCC(C(=O)O)C(C)(C)C1C)c1cccnc1. The second-order valence-electron chi connectivity index (χ2n) is 6.86. The number of carboxylic acid groups (broad SMARTS) is 1. The van der Waals surface area contributed by atoms with Gasteiger partial charge in [0.05, 0.1) is 5.92 Å². The fourth-order valence-corrected chi connectivity index (χ4v) is 3.52. The molecule has 1 fully saturated rings. The van der Waals surface area contributed by atoms with Gasteiger partial charge in [0, 0.05) is 24.5 Å². The lowest BCUT2D eigenvalue weighted by molar-refractivity contribution is -0.150. The van der Waals surface area contributed by atoms with E-state index in [1.54, 1.807) is 6.20 Å². The Labute approximate surface area is 127 Å².